The molecular formula is C19H22N2. The van der Waals surface area contributed by atoms with Crippen LogP contribution in [0.15, 0.2) is 42.5 Å². The highest BCUT2D eigenvalue weighted by atomic mass is 14.9. The summed E-state index contributed by atoms with van der Waals surface area (Å²) in [5.41, 5.74) is 12.6. The van der Waals surface area contributed by atoms with Gasteiger partial charge in [-0.1, -0.05) is 36.4 Å². The zero-order valence-corrected chi connectivity index (χ0v) is 12.5. The normalized spacial score (nSPS) is 27.2. The molecule has 1 aliphatic carbocycles. The lowest BCUT2D eigenvalue weighted by molar-refractivity contribution is 0.287. The Bertz CT molecular complexity index is 677. The molecule has 0 amide bonds. The highest BCUT2D eigenvalue weighted by molar-refractivity contribution is 5.53. The van der Waals surface area contributed by atoms with Gasteiger partial charge in [0.25, 0.3) is 0 Å². The number of nitrogens with two attached hydrogens (primary N) is 1. The topological polar surface area (TPSA) is 38.0 Å². The van der Waals surface area contributed by atoms with Crippen molar-refractivity contribution in [1.82, 2.24) is 5.32 Å². The van der Waals surface area contributed by atoms with Gasteiger partial charge >= 0.3 is 0 Å². The van der Waals surface area contributed by atoms with Gasteiger partial charge < -0.3 is 11.1 Å². The van der Waals surface area contributed by atoms with Crippen LogP contribution in [0, 0.1) is 12.8 Å². The van der Waals surface area contributed by atoms with Crippen molar-refractivity contribution in [3.8, 4) is 0 Å². The van der Waals surface area contributed by atoms with E-state index < -0.39 is 0 Å². The van der Waals surface area contributed by atoms with Crippen LogP contribution in [0.4, 0.5) is 5.69 Å². The third-order valence-electron chi connectivity index (χ3n) is 5.26. The summed E-state index contributed by atoms with van der Waals surface area (Å²) < 4.78 is 0. The molecule has 1 fully saturated rings. The average molecular weight is 278 g/mol. The van der Waals surface area contributed by atoms with Crippen molar-refractivity contribution in [2.75, 3.05) is 12.3 Å². The fourth-order valence-corrected chi connectivity index (χ4v) is 4.20. The molecule has 1 heterocycles. The lowest BCUT2D eigenvalue weighted by atomic mass is 9.80. The number of nitrogen functional groups attached to an aromatic ring is 1. The minimum absolute atomic E-state index is 0.488. The first kappa shape index (κ1) is 12.9. The summed E-state index contributed by atoms with van der Waals surface area (Å²) in [7, 11) is 0. The molecule has 0 spiro atoms. The van der Waals surface area contributed by atoms with Crippen LogP contribution >= 0.6 is 0 Å². The first-order valence-electron chi connectivity index (χ1n) is 7.94. The number of aryl methyl sites for hydroxylation is 1. The van der Waals surface area contributed by atoms with E-state index in [1.54, 1.807) is 0 Å². The molecule has 0 aromatic heterocycles. The van der Waals surface area contributed by atoms with Gasteiger partial charge in [-0.05, 0) is 60.5 Å². The zero-order valence-electron chi connectivity index (χ0n) is 12.5. The first-order chi connectivity index (χ1) is 10.3. The van der Waals surface area contributed by atoms with Crippen LogP contribution in [-0.2, 0) is 0 Å². The Morgan fingerprint density at radius 3 is 2.71 bits per heavy atom. The Morgan fingerprint density at radius 2 is 1.90 bits per heavy atom. The summed E-state index contributed by atoms with van der Waals surface area (Å²) >= 11 is 0. The van der Waals surface area contributed by atoms with Crippen LogP contribution in [0.3, 0.4) is 0 Å². The van der Waals surface area contributed by atoms with Gasteiger partial charge in [-0.15, -0.1) is 0 Å². The molecule has 3 N–H and O–H groups in total. The van der Waals surface area contributed by atoms with E-state index in [2.05, 4.69) is 54.7 Å². The molecule has 4 rings (SSSR count). The van der Waals surface area contributed by atoms with E-state index in [-0.39, 0.29) is 0 Å². The van der Waals surface area contributed by atoms with Crippen LogP contribution in [0.25, 0.3) is 0 Å². The van der Waals surface area contributed by atoms with E-state index in [4.69, 9.17) is 5.73 Å². The summed E-state index contributed by atoms with van der Waals surface area (Å²) in [6.45, 7) is 3.21. The number of rotatable bonds is 1. The minimum Gasteiger partial charge on any atom is -0.399 e. The smallest absolute Gasteiger partial charge is 0.0360 e. The lowest BCUT2D eigenvalue weighted by Gasteiger charge is -2.31. The van der Waals surface area contributed by atoms with E-state index in [1.165, 1.54) is 35.1 Å². The Kier molecular flexibility index (Phi) is 3.00. The van der Waals surface area contributed by atoms with Gasteiger partial charge in [0.15, 0.2) is 0 Å². The summed E-state index contributed by atoms with van der Waals surface area (Å²) in [5.74, 6) is 1.15. The monoisotopic (exact) mass is 278 g/mol. The maximum atomic E-state index is 6.16. The second kappa shape index (κ2) is 4.88. The molecule has 2 aromatic rings. The highest BCUT2D eigenvalue weighted by Gasteiger charge is 2.42. The Hall–Kier alpha value is -1.80. The fraction of sp³-hybridized carbons (Fsp3) is 0.368. The first-order valence-corrected chi connectivity index (χ1v) is 7.94. The van der Waals surface area contributed by atoms with Gasteiger partial charge in [0, 0.05) is 17.6 Å². The third-order valence-corrected chi connectivity index (χ3v) is 5.26. The van der Waals surface area contributed by atoms with Gasteiger partial charge in [0.1, 0.15) is 0 Å². The molecule has 0 unspecified atom stereocenters. The number of fused-ring (bicyclic) bond motifs is 3. The predicted octanol–water partition coefficient (Wildman–Crippen LogP) is 3.76. The summed E-state index contributed by atoms with van der Waals surface area (Å²) in [4.78, 5) is 0. The highest BCUT2D eigenvalue weighted by Crippen LogP contribution is 2.51. The summed E-state index contributed by atoms with van der Waals surface area (Å²) in [6.07, 6.45) is 2.57. The van der Waals surface area contributed by atoms with E-state index >= 15 is 0 Å². The molecule has 2 nitrogen and oxygen atoms in total. The molecule has 1 saturated heterocycles. The SMILES string of the molecule is Cc1ccc([C@@H]2c3ccccc3[C@@H]3NCCC[C@H]23)cc1N. The van der Waals surface area contributed by atoms with Gasteiger partial charge in [0.2, 0.25) is 0 Å². The second-order valence-corrected chi connectivity index (χ2v) is 6.46. The molecule has 2 aliphatic rings. The van der Waals surface area contributed by atoms with E-state index in [9.17, 15) is 0 Å². The van der Waals surface area contributed by atoms with Gasteiger partial charge in [0.05, 0.1) is 0 Å². The number of hydrogen-bond acceptors (Lipinski definition) is 2. The van der Waals surface area contributed by atoms with E-state index in [0.29, 0.717) is 17.9 Å². The Labute approximate surface area is 126 Å². The van der Waals surface area contributed by atoms with Crippen molar-refractivity contribution < 1.29 is 0 Å². The van der Waals surface area contributed by atoms with E-state index in [0.717, 1.165) is 12.2 Å². The minimum atomic E-state index is 0.488. The van der Waals surface area contributed by atoms with Crippen LogP contribution in [0.2, 0.25) is 0 Å². The maximum absolute atomic E-state index is 6.16. The molecule has 2 heteroatoms. The Balaban J connectivity index is 1.84. The standard InChI is InChI=1S/C19H22N2/c1-12-8-9-13(11-17(12)20)18-14-5-2-3-6-15(14)19-16(18)7-4-10-21-19/h2-3,5-6,8-9,11,16,18-19,21H,4,7,10,20H2,1H3/t16-,18-,19+/m1/s1. The van der Waals surface area contributed by atoms with Crippen LogP contribution in [-0.4, -0.2) is 6.54 Å². The van der Waals surface area contributed by atoms with Crippen LogP contribution in [0.5, 0.6) is 0 Å². The molecule has 21 heavy (non-hydrogen) atoms. The molecule has 0 saturated carbocycles. The van der Waals surface area contributed by atoms with Gasteiger partial charge in [-0.25, -0.2) is 0 Å². The number of anilines is 1. The van der Waals surface area contributed by atoms with Crippen molar-refractivity contribution >= 4 is 5.69 Å². The van der Waals surface area contributed by atoms with Crippen LogP contribution in [0.1, 0.15) is 47.1 Å². The molecule has 3 atom stereocenters. The maximum Gasteiger partial charge on any atom is 0.0360 e. The van der Waals surface area contributed by atoms with Crippen molar-refractivity contribution in [2.24, 2.45) is 5.92 Å². The Morgan fingerprint density at radius 1 is 1.10 bits per heavy atom. The molecule has 0 radical (unpaired) electrons. The summed E-state index contributed by atoms with van der Waals surface area (Å²) in [5, 5.41) is 3.73. The molecular weight excluding hydrogens is 256 g/mol. The number of benzene rings is 2. The average Bonchev–Trinajstić information content (AvgIpc) is 2.85. The molecule has 2 aromatic carbocycles. The van der Waals surface area contributed by atoms with Crippen molar-refractivity contribution in [3.63, 3.8) is 0 Å². The van der Waals surface area contributed by atoms with Crippen LogP contribution < -0.4 is 11.1 Å². The third kappa shape index (κ3) is 1.97. The number of piperidine rings is 1. The van der Waals surface area contributed by atoms with Crippen molar-refractivity contribution in [1.29, 1.82) is 0 Å². The van der Waals surface area contributed by atoms with Crippen molar-refractivity contribution in [3.05, 3.63) is 64.7 Å². The van der Waals surface area contributed by atoms with Gasteiger partial charge in [-0.3, -0.25) is 0 Å². The predicted molar refractivity (Wildman–Crippen MR) is 87.3 cm³/mol. The fourth-order valence-electron chi connectivity index (χ4n) is 4.20. The second-order valence-electron chi connectivity index (χ2n) is 6.46. The van der Waals surface area contributed by atoms with Crippen molar-refractivity contribution in [2.45, 2.75) is 31.7 Å². The number of nitrogens with one attached hydrogen (secondary N) is 1. The molecule has 108 valence electrons. The number of hydrogen-bond donors (Lipinski definition) is 2. The quantitative estimate of drug-likeness (QED) is 0.779. The van der Waals surface area contributed by atoms with Gasteiger partial charge in [-0.2, -0.15) is 0 Å². The van der Waals surface area contributed by atoms with E-state index in [1.807, 2.05) is 0 Å². The lowest BCUT2D eigenvalue weighted by Crippen LogP contribution is -2.32. The zero-order chi connectivity index (χ0) is 14.4. The molecule has 0 bridgehead atoms. The largest absolute Gasteiger partial charge is 0.399 e. The summed E-state index contributed by atoms with van der Waals surface area (Å²) in [6, 6.07) is 16.1. The molecule has 1 aliphatic heterocycles.